The molecule has 0 heterocycles. The lowest BCUT2D eigenvalue weighted by Gasteiger charge is -2.29. The average molecular weight is 142 g/mol. The molecule has 2 heteroatoms. The molecule has 1 saturated carbocycles. The van der Waals surface area contributed by atoms with Crippen molar-refractivity contribution >= 4 is 0 Å². The van der Waals surface area contributed by atoms with E-state index in [0.29, 0.717) is 0 Å². The summed E-state index contributed by atoms with van der Waals surface area (Å²) in [6.07, 6.45) is 6.01. The number of hydrogen-bond donors (Lipinski definition) is 2. The second-order valence-electron chi connectivity index (χ2n) is 3.71. The molecule has 0 aromatic rings. The third kappa shape index (κ3) is 1.70. The van der Waals surface area contributed by atoms with Gasteiger partial charge >= 0.3 is 0 Å². The van der Waals surface area contributed by atoms with Crippen LogP contribution in [0.4, 0.5) is 0 Å². The zero-order valence-corrected chi connectivity index (χ0v) is 6.77. The van der Waals surface area contributed by atoms with Crippen molar-refractivity contribution < 1.29 is 0 Å². The quantitative estimate of drug-likeness (QED) is 0.496. The molecule has 1 aliphatic carbocycles. The first-order chi connectivity index (χ1) is 4.63. The summed E-state index contributed by atoms with van der Waals surface area (Å²) in [5.74, 6) is 0. The first kappa shape index (κ1) is 8.02. The van der Waals surface area contributed by atoms with Gasteiger partial charge in [-0.25, -0.2) is 0 Å². The summed E-state index contributed by atoms with van der Waals surface area (Å²) >= 11 is 0. The van der Waals surface area contributed by atoms with Gasteiger partial charge in [-0.2, -0.15) is 0 Å². The Morgan fingerprint density at radius 3 is 2.70 bits per heavy atom. The van der Waals surface area contributed by atoms with Gasteiger partial charge in [0.1, 0.15) is 0 Å². The molecule has 1 fully saturated rings. The fourth-order valence-electron chi connectivity index (χ4n) is 1.56. The number of rotatable bonds is 0. The van der Waals surface area contributed by atoms with Crippen LogP contribution in [0.25, 0.3) is 0 Å². The third-order valence-corrected chi connectivity index (χ3v) is 2.58. The SMILES string of the molecule is CC1(N)CCCCCC1N. The minimum absolute atomic E-state index is 0.101. The molecular formula is C8H18N2. The molecule has 0 aliphatic heterocycles. The molecule has 0 aromatic carbocycles. The molecule has 0 aromatic heterocycles. The first-order valence-corrected chi connectivity index (χ1v) is 4.17. The highest BCUT2D eigenvalue weighted by molar-refractivity contribution is 4.91. The van der Waals surface area contributed by atoms with Gasteiger partial charge in [0.15, 0.2) is 0 Å². The topological polar surface area (TPSA) is 52.0 Å². The fourth-order valence-corrected chi connectivity index (χ4v) is 1.56. The maximum Gasteiger partial charge on any atom is 0.0279 e. The van der Waals surface area contributed by atoms with E-state index < -0.39 is 0 Å². The van der Waals surface area contributed by atoms with Gasteiger partial charge < -0.3 is 11.5 Å². The lowest BCUT2D eigenvalue weighted by molar-refractivity contribution is 0.354. The predicted octanol–water partition coefficient (Wildman–Crippen LogP) is 0.995. The number of nitrogens with two attached hydrogens (primary N) is 2. The van der Waals surface area contributed by atoms with Crippen molar-refractivity contribution in [2.24, 2.45) is 11.5 Å². The second-order valence-corrected chi connectivity index (χ2v) is 3.71. The van der Waals surface area contributed by atoms with E-state index in [0.717, 1.165) is 12.8 Å². The molecule has 0 saturated heterocycles. The van der Waals surface area contributed by atoms with Crippen molar-refractivity contribution in [2.75, 3.05) is 0 Å². The lowest BCUT2D eigenvalue weighted by atomic mass is 9.89. The van der Waals surface area contributed by atoms with Gasteiger partial charge in [0.05, 0.1) is 0 Å². The Morgan fingerprint density at radius 1 is 1.30 bits per heavy atom. The van der Waals surface area contributed by atoms with Crippen LogP contribution in [-0.2, 0) is 0 Å². The molecule has 0 radical (unpaired) electrons. The summed E-state index contributed by atoms with van der Waals surface area (Å²) in [6.45, 7) is 2.07. The van der Waals surface area contributed by atoms with Crippen LogP contribution in [-0.4, -0.2) is 11.6 Å². The molecule has 0 spiro atoms. The molecule has 2 nitrogen and oxygen atoms in total. The molecule has 0 amide bonds. The van der Waals surface area contributed by atoms with E-state index in [1.54, 1.807) is 0 Å². The summed E-state index contributed by atoms with van der Waals surface area (Å²) in [4.78, 5) is 0. The molecule has 2 unspecified atom stereocenters. The van der Waals surface area contributed by atoms with Crippen molar-refractivity contribution in [3.8, 4) is 0 Å². The summed E-state index contributed by atoms with van der Waals surface area (Å²) in [6, 6.07) is 0.218. The Bertz CT molecular complexity index is 110. The van der Waals surface area contributed by atoms with Crippen LogP contribution in [0.15, 0.2) is 0 Å². The van der Waals surface area contributed by atoms with Crippen LogP contribution in [0.1, 0.15) is 39.0 Å². The van der Waals surface area contributed by atoms with Crippen LogP contribution in [0, 0.1) is 0 Å². The Morgan fingerprint density at radius 2 is 2.00 bits per heavy atom. The second kappa shape index (κ2) is 2.89. The van der Waals surface area contributed by atoms with Gasteiger partial charge in [0.2, 0.25) is 0 Å². The van der Waals surface area contributed by atoms with Gasteiger partial charge in [-0.1, -0.05) is 19.3 Å². The van der Waals surface area contributed by atoms with Crippen molar-refractivity contribution in [1.29, 1.82) is 0 Å². The standard InChI is InChI=1S/C8H18N2/c1-8(10)6-4-2-3-5-7(8)9/h7H,2-6,9-10H2,1H3. The monoisotopic (exact) mass is 142 g/mol. The lowest BCUT2D eigenvalue weighted by Crippen LogP contribution is -2.52. The van der Waals surface area contributed by atoms with Crippen LogP contribution < -0.4 is 11.5 Å². The molecule has 2 atom stereocenters. The minimum Gasteiger partial charge on any atom is -0.326 e. The van der Waals surface area contributed by atoms with E-state index in [-0.39, 0.29) is 11.6 Å². The molecule has 10 heavy (non-hydrogen) atoms. The smallest absolute Gasteiger partial charge is 0.0279 e. The summed E-state index contributed by atoms with van der Waals surface area (Å²) in [7, 11) is 0. The molecule has 1 aliphatic rings. The molecule has 1 rings (SSSR count). The fraction of sp³-hybridized carbons (Fsp3) is 1.00. The Hall–Kier alpha value is -0.0800. The Labute approximate surface area is 63.0 Å². The van der Waals surface area contributed by atoms with E-state index in [2.05, 4.69) is 6.92 Å². The molecule has 4 N–H and O–H groups in total. The highest BCUT2D eigenvalue weighted by Gasteiger charge is 2.27. The zero-order chi connectivity index (χ0) is 7.61. The van der Waals surface area contributed by atoms with Crippen LogP contribution in [0.5, 0.6) is 0 Å². The van der Waals surface area contributed by atoms with Crippen LogP contribution in [0.3, 0.4) is 0 Å². The van der Waals surface area contributed by atoms with Gasteiger partial charge in [-0.15, -0.1) is 0 Å². The zero-order valence-electron chi connectivity index (χ0n) is 6.77. The third-order valence-electron chi connectivity index (χ3n) is 2.58. The van der Waals surface area contributed by atoms with Gasteiger partial charge in [0.25, 0.3) is 0 Å². The maximum atomic E-state index is 6.00. The summed E-state index contributed by atoms with van der Waals surface area (Å²) in [5, 5.41) is 0. The van der Waals surface area contributed by atoms with Crippen molar-refractivity contribution in [3.63, 3.8) is 0 Å². The van der Waals surface area contributed by atoms with E-state index in [1.807, 2.05) is 0 Å². The highest BCUT2D eigenvalue weighted by atomic mass is 14.8. The molecule has 0 bridgehead atoms. The number of hydrogen-bond acceptors (Lipinski definition) is 2. The summed E-state index contributed by atoms with van der Waals surface area (Å²) < 4.78 is 0. The van der Waals surface area contributed by atoms with Crippen LogP contribution in [0.2, 0.25) is 0 Å². The minimum atomic E-state index is -0.101. The van der Waals surface area contributed by atoms with Gasteiger partial charge in [-0.05, 0) is 19.8 Å². The average Bonchev–Trinajstić information content (AvgIpc) is 1.96. The molecular weight excluding hydrogens is 124 g/mol. The van der Waals surface area contributed by atoms with Gasteiger partial charge in [-0.3, -0.25) is 0 Å². The van der Waals surface area contributed by atoms with E-state index in [4.69, 9.17) is 11.5 Å². The van der Waals surface area contributed by atoms with E-state index in [1.165, 1.54) is 19.3 Å². The Kier molecular flexibility index (Phi) is 2.32. The highest BCUT2D eigenvalue weighted by Crippen LogP contribution is 2.23. The first-order valence-electron chi connectivity index (χ1n) is 4.17. The predicted molar refractivity (Wildman–Crippen MR) is 43.7 cm³/mol. The normalized spacial score (nSPS) is 42.9. The van der Waals surface area contributed by atoms with Crippen molar-refractivity contribution in [1.82, 2.24) is 0 Å². The van der Waals surface area contributed by atoms with Crippen molar-refractivity contribution in [2.45, 2.75) is 50.6 Å². The van der Waals surface area contributed by atoms with Crippen LogP contribution >= 0.6 is 0 Å². The van der Waals surface area contributed by atoms with Crippen molar-refractivity contribution in [3.05, 3.63) is 0 Å². The largest absolute Gasteiger partial charge is 0.326 e. The maximum absolute atomic E-state index is 6.00. The Balaban J connectivity index is 2.52. The van der Waals surface area contributed by atoms with E-state index in [9.17, 15) is 0 Å². The van der Waals surface area contributed by atoms with E-state index >= 15 is 0 Å². The summed E-state index contributed by atoms with van der Waals surface area (Å²) in [5.41, 5.74) is 11.8. The molecule has 60 valence electrons. The van der Waals surface area contributed by atoms with Gasteiger partial charge in [0, 0.05) is 11.6 Å².